The largest absolute Gasteiger partial charge is 0.469 e. The molecule has 0 aromatic heterocycles. The molecule has 0 N–H and O–H groups in total. The number of ether oxygens (including phenoxy) is 2. The number of ketones is 1. The van der Waals surface area contributed by atoms with Gasteiger partial charge in [-0.15, -0.1) is 0 Å². The number of unbranched alkanes of at least 4 members (excludes halogenated alkanes) is 4. The molecule has 7 heteroatoms. The molecule has 1 fully saturated rings. The molecule has 0 heterocycles. The second kappa shape index (κ2) is 17.5. The first kappa shape index (κ1) is 30.1. The van der Waals surface area contributed by atoms with Gasteiger partial charge in [0, 0.05) is 18.8 Å². The maximum Gasteiger partial charge on any atom is 0.306 e. The lowest BCUT2D eigenvalue weighted by atomic mass is 9.72. The standard InChI is InChI=1S/C28H40N2O5/c1-4-6-7-8-11-14-21(17-27(33)35-5-2)28-23(15-12-9-10-13-16-26(32)34-3)25(31)18-24(28)22(19-29)20-30/h9,11-12,14,21-24,28H,4-8,10,13,15-18H2,1-3H3/b12-9-,14-11+/t21-,23+,24+,28?/m1/s1. The monoisotopic (exact) mass is 484 g/mol. The van der Waals surface area contributed by atoms with E-state index in [9.17, 15) is 24.9 Å². The van der Waals surface area contributed by atoms with Crippen molar-refractivity contribution in [3.05, 3.63) is 24.3 Å². The molecule has 4 atom stereocenters. The minimum atomic E-state index is -0.906. The highest BCUT2D eigenvalue weighted by Crippen LogP contribution is 2.46. The van der Waals surface area contributed by atoms with Crippen molar-refractivity contribution in [2.75, 3.05) is 13.7 Å². The van der Waals surface area contributed by atoms with Crippen molar-refractivity contribution in [3.8, 4) is 12.1 Å². The van der Waals surface area contributed by atoms with Crippen LogP contribution in [0.3, 0.4) is 0 Å². The number of esters is 2. The van der Waals surface area contributed by atoms with Crippen molar-refractivity contribution in [2.24, 2.45) is 29.6 Å². The van der Waals surface area contributed by atoms with Crippen LogP contribution in [0.2, 0.25) is 0 Å². The molecule has 1 unspecified atom stereocenters. The highest BCUT2D eigenvalue weighted by molar-refractivity contribution is 5.84. The van der Waals surface area contributed by atoms with E-state index in [1.807, 2.05) is 18.2 Å². The lowest BCUT2D eigenvalue weighted by molar-refractivity contribution is -0.144. The summed E-state index contributed by atoms with van der Waals surface area (Å²) in [7, 11) is 1.36. The van der Waals surface area contributed by atoms with E-state index in [-0.39, 0.29) is 54.9 Å². The first-order valence-corrected chi connectivity index (χ1v) is 12.8. The fourth-order valence-corrected chi connectivity index (χ4v) is 4.85. The van der Waals surface area contributed by atoms with Crippen molar-refractivity contribution >= 4 is 17.7 Å². The molecule has 0 bridgehead atoms. The molecule has 0 aliphatic heterocycles. The molecule has 192 valence electrons. The minimum absolute atomic E-state index is 0.0305. The maximum absolute atomic E-state index is 13.1. The number of carbonyl (C=O) groups is 3. The molecule has 1 aliphatic rings. The maximum atomic E-state index is 13.1. The Hall–Kier alpha value is -2.93. The Morgan fingerprint density at radius 1 is 1.06 bits per heavy atom. The Morgan fingerprint density at radius 2 is 1.77 bits per heavy atom. The number of carbonyl (C=O) groups excluding carboxylic acids is 3. The zero-order chi connectivity index (χ0) is 26.1. The van der Waals surface area contributed by atoms with Gasteiger partial charge in [-0.2, -0.15) is 10.5 Å². The molecular formula is C28H40N2O5. The van der Waals surface area contributed by atoms with Crippen molar-refractivity contribution in [3.63, 3.8) is 0 Å². The van der Waals surface area contributed by atoms with Gasteiger partial charge in [-0.1, -0.05) is 44.1 Å². The van der Waals surface area contributed by atoms with E-state index < -0.39 is 11.8 Å². The number of hydrogen-bond acceptors (Lipinski definition) is 7. The number of methoxy groups -OCH3 is 1. The van der Waals surface area contributed by atoms with Crippen LogP contribution in [-0.4, -0.2) is 31.4 Å². The Balaban J connectivity index is 3.11. The zero-order valence-electron chi connectivity index (χ0n) is 21.4. The predicted molar refractivity (Wildman–Crippen MR) is 132 cm³/mol. The molecule has 0 aromatic rings. The fourth-order valence-electron chi connectivity index (χ4n) is 4.85. The van der Waals surface area contributed by atoms with E-state index in [0.29, 0.717) is 25.7 Å². The van der Waals surface area contributed by atoms with Gasteiger partial charge >= 0.3 is 11.9 Å². The normalized spacial score (nSPS) is 20.7. The van der Waals surface area contributed by atoms with Crippen LogP contribution in [0.25, 0.3) is 0 Å². The number of allylic oxidation sites excluding steroid dienone is 4. The average molecular weight is 485 g/mol. The summed E-state index contributed by atoms with van der Waals surface area (Å²) in [6.45, 7) is 4.17. The van der Waals surface area contributed by atoms with Crippen LogP contribution < -0.4 is 0 Å². The SMILES string of the molecule is CCCCC/C=C/[C@H](CC(=O)OCC)C1[C@H](C(C#N)C#N)CC(=O)[C@@H]1C/C=C\CCCC(=O)OC. The smallest absolute Gasteiger partial charge is 0.306 e. The molecule has 1 saturated carbocycles. The summed E-state index contributed by atoms with van der Waals surface area (Å²) in [6, 6.07) is 4.13. The molecule has 7 nitrogen and oxygen atoms in total. The summed E-state index contributed by atoms with van der Waals surface area (Å²) >= 11 is 0. The van der Waals surface area contributed by atoms with Crippen LogP contribution in [0.4, 0.5) is 0 Å². The fraction of sp³-hybridized carbons (Fsp3) is 0.679. The van der Waals surface area contributed by atoms with E-state index >= 15 is 0 Å². The van der Waals surface area contributed by atoms with Crippen LogP contribution >= 0.6 is 0 Å². The summed E-state index contributed by atoms with van der Waals surface area (Å²) in [4.78, 5) is 36.8. The molecule has 0 saturated heterocycles. The quantitative estimate of drug-likeness (QED) is 0.162. The van der Waals surface area contributed by atoms with Gasteiger partial charge in [-0.25, -0.2) is 0 Å². The van der Waals surface area contributed by atoms with Crippen LogP contribution in [-0.2, 0) is 23.9 Å². The van der Waals surface area contributed by atoms with Gasteiger partial charge in [0.25, 0.3) is 0 Å². The predicted octanol–water partition coefficient (Wildman–Crippen LogP) is 5.47. The van der Waals surface area contributed by atoms with Crippen molar-refractivity contribution in [1.29, 1.82) is 10.5 Å². The number of nitriles is 2. The van der Waals surface area contributed by atoms with E-state index in [0.717, 1.165) is 25.7 Å². The summed E-state index contributed by atoms with van der Waals surface area (Å²) in [6.07, 6.45) is 14.6. The van der Waals surface area contributed by atoms with E-state index in [4.69, 9.17) is 4.74 Å². The molecular weight excluding hydrogens is 444 g/mol. The lowest BCUT2D eigenvalue weighted by Crippen LogP contribution is -2.30. The highest BCUT2D eigenvalue weighted by atomic mass is 16.5. The Labute approximate surface area is 210 Å². The van der Waals surface area contributed by atoms with Crippen LogP contribution in [0.5, 0.6) is 0 Å². The van der Waals surface area contributed by atoms with Crippen LogP contribution in [0.1, 0.15) is 78.1 Å². The van der Waals surface area contributed by atoms with Crippen molar-refractivity contribution in [1.82, 2.24) is 0 Å². The summed E-state index contributed by atoms with van der Waals surface area (Å²) in [5.41, 5.74) is 0. The summed E-state index contributed by atoms with van der Waals surface area (Å²) < 4.78 is 9.85. The van der Waals surface area contributed by atoms with Gasteiger partial charge < -0.3 is 9.47 Å². The third kappa shape index (κ3) is 10.5. The topological polar surface area (TPSA) is 117 Å². The molecule has 0 spiro atoms. The second-order valence-corrected chi connectivity index (χ2v) is 9.03. The summed E-state index contributed by atoms with van der Waals surface area (Å²) in [5, 5.41) is 19.2. The lowest BCUT2D eigenvalue weighted by Gasteiger charge is -2.30. The summed E-state index contributed by atoms with van der Waals surface area (Å²) in [5.74, 6) is -2.84. The van der Waals surface area contributed by atoms with Gasteiger partial charge in [-0.3, -0.25) is 14.4 Å². The van der Waals surface area contributed by atoms with Crippen molar-refractivity contribution in [2.45, 2.75) is 78.1 Å². The van der Waals surface area contributed by atoms with Crippen LogP contribution in [0, 0.1) is 52.3 Å². The second-order valence-electron chi connectivity index (χ2n) is 9.03. The zero-order valence-corrected chi connectivity index (χ0v) is 21.4. The molecule has 1 aliphatic carbocycles. The number of Topliss-reactive ketones (excluding diaryl/α,β-unsaturated/α-hetero) is 1. The van der Waals surface area contributed by atoms with Gasteiger partial charge in [0.2, 0.25) is 0 Å². The third-order valence-corrected chi connectivity index (χ3v) is 6.61. The molecule has 0 aromatic carbocycles. The van der Waals surface area contributed by atoms with E-state index in [1.165, 1.54) is 7.11 Å². The third-order valence-electron chi connectivity index (χ3n) is 6.61. The van der Waals surface area contributed by atoms with E-state index in [2.05, 4.69) is 29.9 Å². The first-order valence-electron chi connectivity index (χ1n) is 12.8. The van der Waals surface area contributed by atoms with Crippen LogP contribution in [0.15, 0.2) is 24.3 Å². The average Bonchev–Trinajstić information content (AvgIpc) is 3.16. The molecule has 0 radical (unpaired) electrons. The van der Waals surface area contributed by atoms with Gasteiger partial charge in [-0.05, 0) is 56.8 Å². The number of rotatable bonds is 16. The Morgan fingerprint density at radius 3 is 2.40 bits per heavy atom. The van der Waals surface area contributed by atoms with Gasteiger partial charge in [0.05, 0.1) is 32.3 Å². The Kier molecular flexibility index (Phi) is 15.0. The van der Waals surface area contributed by atoms with Gasteiger partial charge in [0.1, 0.15) is 11.7 Å². The van der Waals surface area contributed by atoms with Gasteiger partial charge in [0.15, 0.2) is 0 Å². The number of hydrogen-bond donors (Lipinski definition) is 0. The molecule has 1 rings (SSSR count). The minimum Gasteiger partial charge on any atom is -0.469 e. The molecule has 0 amide bonds. The van der Waals surface area contributed by atoms with E-state index in [1.54, 1.807) is 6.92 Å². The molecule has 35 heavy (non-hydrogen) atoms. The Bertz CT molecular complexity index is 806. The highest BCUT2D eigenvalue weighted by Gasteiger charge is 2.48. The van der Waals surface area contributed by atoms with Crippen molar-refractivity contribution < 1.29 is 23.9 Å². The first-order chi connectivity index (χ1) is 16.9. The number of nitrogens with zero attached hydrogens (tertiary/aromatic N) is 2.